The van der Waals surface area contributed by atoms with Crippen LogP contribution in [0.3, 0.4) is 0 Å². The highest BCUT2D eigenvalue weighted by molar-refractivity contribution is 5.81. The third-order valence-corrected chi connectivity index (χ3v) is 1.76. The Hall–Kier alpha value is -0.810. The van der Waals surface area contributed by atoms with Gasteiger partial charge in [0.15, 0.2) is 5.84 Å². The SMILES string of the molecule is CN1CC(NC/C(N)=N/O)C1. The Labute approximate surface area is 65.9 Å². The molecule has 1 aliphatic heterocycles. The summed E-state index contributed by atoms with van der Waals surface area (Å²) >= 11 is 0. The van der Waals surface area contributed by atoms with Crippen LogP contribution in [0.15, 0.2) is 5.16 Å². The molecule has 1 heterocycles. The fourth-order valence-corrected chi connectivity index (χ4v) is 1.11. The van der Waals surface area contributed by atoms with Crippen molar-refractivity contribution in [2.75, 3.05) is 26.7 Å². The van der Waals surface area contributed by atoms with Crippen LogP contribution in [0.2, 0.25) is 0 Å². The zero-order valence-corrected chi connectivity index (χ0v) is 6.62. The number of nitrogens with one attached hydrogen (secondary N) is 1. The summed E-state index contributed by atoms with van der Waals surface area (Å²) in [5, 5.41) is 14.2. The Morgan fingerprint density at radius 1 is 1.82 bits per heavy atom. The summed E-state index contributed by atoms with van der Waals surface area (Å²) in [6.45, 7) is 2.55. The monoisotopic (exact) mass is 158 g/mol. The van der Waals surface area contributed by atoms with Crippen LogP contribution in [0, 0.1) is 0 Å². The second-order valence-corrected chi connectivity index (χ2v) is 2.89. The molecular weight excluding hydrogens is 144 g/mol. The Balaban J connectivity index is 2.05. The lowest BCUT2D eigenvalue weighted by Crippen LogP contribution is -2.57. The van der Waals surface area contributed by atoms with Crippen molar-refractivity contribution in [1.29, 1.82) is 0 Å². The Kier molecular flexibility index (Phi) is 2.67. The molecule has 0 aromatic carbocycles. The summed E-state index contributed by atoms with van der Waals surface area (Å²) in [5.74, 6) is 0.236. The number of hydrogen-bond donors (Lipinski definition) is 3. The molecule has 0 amide bonds. The maximum atomic E-state index is 8.20. The van der Waals surface area contributed by atoms with Gasteiger partial charge in [-0.1, -0.05) is 5.16 Å². The van der Waals surface area contributed by atoms with Gasteiger partial charge in [0, 0.05) is 19.1 Å². The Morgan fingerprint density at radius 3 is 2.91 bits per heavy atom. The quantitative estimate of drug-likeness (QED) is 0.205. The van der Waals surface area contributed by atoms with Gasteiger partial charge < -0.3 is 21.2 Å². The van der Waals surface area contributed by atoms with Crippen LogP contribution in [0.5, 0.6) is 0 Å². The fraction of sp³-hybridized carbons (Fsp3) is 0.833. The second kappa shape index (κ2) is 3.54. The predicted octanol–water partition coefficient (Wildman–Crippen LogP) is -1.36. The zero-order chi connectivity index (χ0) is 8.27. The van der Waals surface area contributed by atoms with Gasteiger partial charge in [-0.05, 0) is 7.05 Å². The smallest absolute Gasteiger partial charge is 0.153 e. The van der Waals surface area contributed by atoms with E-state index in [9.17, 15) is 0 Å². The molecule has 1 rings (SSSR count). The fourth-order valence-electron chi connectivity index (χ4n) is 1.11. The van der Waals surface area contributed by atoms with Crippen molar-refractivity contribution in [3.8, 4) is 0 Å². The Morgan fingerprint density at radius 2 is 2.45 bits per heavy atom. The van der Waals surface area contributed by atoms with Crippen LogP contribution >= 0.6 is 0 Å². The molecule has 11 heavy (non-hydrogen) atoms. The molecule has 0 aliphatic carbocycles. The minimum Gasteiger partial charge on any atom is -0.409 e. The molecule has 0 atom stereocenters. The van der Waals surface area contributed by atoms with E-state index in [1.165, 1.54) is 0 Å². The van der Waals surface area contributed by atoms with E-state index in [-0.39, 0.29) is 5.84 Å². The van der Waals surface area contributed by atoms with Crippen molar-refractivity contribution in [3.05, 3.63) is 0 Å². The van der Waals surface area contributed by atoms with E-state index in [1.807, 2.05) is 0 Å². The maximum absolute atomic E-state index is 8.20. The molecule has 5 nitrogen and oxygen atoms in total. The van der Waals surface area contributed by atoms with Gasteiger partial charge in [0.05, 0.1) is 6.54 Å². The highest BCUT2D eigenvalue weighted by Gasteiger charge is 2.22. The third kappa shape index (κ3) is 2.36. The van der Waals surface area contributed by atoms with Crippen molar-refractivity contribution < 1.29 is 5.21 Å². The molecule has 5 heteroatoms. The molecule has 4 N–H and O–H groups in total. The maximum Gasteiger partial charge on any atom is 0.153 e. The van der Waals surface area contributed by atoms with Crippen molar-refractivity contribution in [3.63, 3.8) is 0 Å². The summed E-state index contributed by atoms with van der Waals surface area (Å²) in [5.41, 5.74) is 5.26. The lowest BCUT2D eigenvalue weighted by Gasteiger charge is -2.36. The van der Waals surface area contributed by atoms with E-state index >= 15 is 0 Å². The molecule has 0 bridgehead atoms. The van der Waals surface area contributed by atoms with Crippen LogP contribution in [-0.2, 0) is 0 Å². The van der Waals surface area contributed by atoms with Crippen molar-refractivity contribution in [2.45, 2.75) is 6.04 Å². The summed E-state index contributed by atoms with van der Waals surface area (Å²) < 4.78 is 0. The van der Waals surface area contributed by atoms with Gasteiger partial charge in [-0.25, -0.2) is 0 Å². The van der Waals surface area contributed by atoms with Crippen LogP contribution in [0.25, 0.3) is 0 Å². The van der Waals surface area contributed by atoms with Gasteiger partial charge in [-0.3, -0.25) is 0 Å². The van der Waals surface area contributed by atoms with Crippen molar-refractivity contribution in [1.82, 2.24) is 10.2 Å². The topological polar surface area (TPSA) is 73.9 Å². The number of likely N-dealkylation sites (N-methyl/N-ethyl adjacent to an activating group) is 1. The lowest BCUT2D eigenvalue weighted by atomic mass is 10.1. The van der Waals surface area contributed by atoms with E-state index in [1.54, 1.807) is 0 Å². The van der Waals surface area contributed by atoms with Crippen LogP contribution in [0.4, 0.5) is 0 Å². The zero-order valence-electron chi connectivity index (χ0n) is 6.62. The summed E-state index contributed by atoms with van der Waals surface area (Å²) in [4.78, 5) is 2.20. The normalized spacial score (nSPS) is 21.7. The number of amidine groups is 1. The molecule has 64 valence electrons. The first-order valence-corrected chi connectivity index (χ1v) is 3.60. The molecule has 1 fully saturated rings. The lowest BCUT2D eigenvalue weighted by molar-refractivity contribution is 0.166. The van der Waals surface area contributed by atoms with Gasteiger partial charge >= 0.3 is 0 Å². The molecule has 0 aromatic heterocycles. The molecule has 1 aliphatic rings. The number of rotatable bonds is 3. The van der Waals surface area contributed by atoms with Gasteiger partial charge in [-0.15, -0.1) is 0 Å². The van der Waals surface area contributed by atoms with Gasteiger partial charge in [0.1, 0.15) is 0 Å². The summed E-state index contributed by atoms with van der Waals surface area (Å²) in [6, 6.07) is 0.500. The average molecular weight is 158 g/mol. The van der Waals surface area contributed by atoms with Crippen molar-refractivity contribution in [2.24, 2.45) is 10.9 Å². The number of nitrogens with zero attached hydrogens (tertiary/aromatic N) is 2. The Bertz CT molecular complexity index is 153. The first-order valence-electron chi connectivity index (χ1n) is 3.60. The minimum atomic E-state index is 0.236. The largest absolute Gasteiger partial charge is 0.409 e. The number of likely N-dealkylation sites (tertiary alicyclic amines) is 1. The standard InChI is InChI=1S/C6H14N4O/c1-10-3-5(4-10)8-2-6(7)9-11/h5,8,11H,2-4H2,1H3,(H2,7,9). The van der Waals surface area contributed by atoms with E-state index in [4.69, 9.17) is 10.9 Å². The number of hydrogen-bond acceptors (Lipinski definition) is 4. The summed E-state index contributed by atoms with van der Waals surface area (Å²) in [6.07, 6.45) is 0. The highest BCUT2D eigenvalue weighted by atomic mass is 16.4. The number of nitrogens with two attached hydrogens (primary N) is 1. The molecule has 0 aromatic rings. The van der Waals surface area contributed by atoms with Crippen molar-refractivity contribution >= 4 is 5.84 Å². The summed E-state index contributed by atoms with van der Waals surface area (Å²) in [7, 11) is 2.06. The molecule has 0 unspecified atom stereocenters. The highest BCUT2D eigenvalue weighted by Crippen LogP contribution is 2.02. The van der Waals surface area contributed by atoms with Crippen LogP contribution < -0.4 is 11.1 Å². The molecule has 1 saturated heterocycles. The van der Waals surface area contributed by atoms with Gasteiger partial charge in [0.25, 0.3) is 0 Å². The number of oxime groups is 1. The van der Waals surface area contributed by atoms with Gasteiger partial charge in [-0.2, -0.15) is 0 Å². The molecule has 0 saturated carbocycles. The van der Waals surface area contributed by atoms with E-state index in [0.29, 0.717) is 12.6 Å². The first-order chi connectivity index (χ1) is 5.22. The minimum absolute atomic E-state index is 0.236. The average Bonchev–Trinajstić information content (AvgIpc) is 1.95. The molecular formula is C6H14N4O. The third-order valence-electron chi connectivity index (χ3n) is 1.76. The van der Waals surface area contributed by atoms with Gasteiger partial charge in [0.2, 0.25) is 0 Å². The first kappa shape index (κ1) is 8.29. The van der Waals surface area contributed by atoms with E-state index in [0.717, 1.165) is 13.1 Å². The van der Waals surface area contributed by atoms with E-state index in [2.05, 4.69) is 22.4 Å². The van der Waals surface area contributed by atoms with Crippen LogP contribution in [-0.4, -0.2) is 48.7 Å². The van der Waals surface area contributed by atoms with Crippen LogP contribution in [0.1, 0.15) is 0 Å². The molecule has 0 spiro atoms. The molecule has 0 radical (unpaired) electrons. The van der Waals surface area contributed by atoms with E-state index < -0.39 is 0 Å². The predicted molar refractivity (Wildman–Crippen MR) is 42.7 cm³/mol. The second-order valence-electron chi connectivity index (χ2n) is 2.89.